The van der Waals surface area contributed by atoms with E-state index in [2.05, 4.69) is 10.4 Å². The van der Waals surface area contributed by atoms with Gasteiger partial charge >= 0.3 is 0 Å². The summed E-state index contributed by atoms with van der Waals surface area (Å²) in [7, 11) is 0. The molecule has 7 heteroatoms. The van der Waals surface area contributed by atoms with Crippen LogP contribution in [-0.4, -0.2) is 27.6 Å². The molecule has 2 aliphatic carbocycles. The summed E-state index contributed by atoms with van der Waals surface area (Å²) in [4.78, 5) is 28.7. The van der Waals surface area contributed by atoms with Crippen LogP contribution < -0.4 is 10.2 Å². The Morgan fingerprint density at radius 1 is 0.972 bits per heavy atom. The number of nitrogens with zero attached hydrogens (tertiary/aromatic N) is 3. The number of aromatic nitrogens is 2. The van der Waals surface area contributed by atoms with E-state index >= 15 is 0 Å². The van der Waals surface area contributed by atoms with Gasteiger partial charge in [0.2, 0.25) is 11.8 Å². The van der Waals surface area contributed by atoms with Crippen LogP contribution in [0.4, 0.5) is 10.1 Å². The molecule has 2 amide bonds. The van der Waals surface area contributed by atoms with Gasteiger partial charge in [0, 0.05) is 17.0 Å². The van der Waals surface area contributed by atoms with Crippen LogP contribution in [0, 0.1) is 17.2 Å². The number of nitrogens with one attached hydrogen (secondary N) is 1. The second kappa shape index (κ2) is 7.75. The molecule has 6 nitrogen and oxygen atoms in total. The van der Waals surface area contributed by atoms with Gasteiger partial charge in [0.25, 0.3) is 0 Å². The lowest BCUT2D eigenvalue weighted by atomic mass is 9.91. The maximum Gasteiger partial charge on any atom is 0.236 e. The number of hydrogen-bond donors (Lipinski definition) is 1. The van der Waals surface area contributed by atoms with Crippen molar-refractivity contribution in [2.75, 3.05) is 4.90 Å². The predicted octanol–water partition coefficient (Wildman–Crippen LogP) is 4.93. The van der Waals surface area contributed by atoms with Gasteiger partial charge < -0.3 is 10.2 Å². The van der Waals surface area contributed by atoms with Gasteiger partial charge in [0.05, 0.1) is 34.9 Å². The molecule has 3 aliphatic rings. The highest BCUT2D eigenvalue weighted by atomic mass is 19.1. The summed E-state index contributed by atoms with van der Waals surface area (Å²) in [5, 5.41) is 8.69. The second-order valence-electron chi connectivity index (χ2n) is 10.2. The monoisotopic (exact) mass is 480 g/mol. The summed E-state index contributed by atoms with van der Waals surface area (Å²) >= 11 is 0. The van der Waals surface area contributed by atoms with E-state index in [1.165, 1.54) is 12.1 Å². The number of amides is 2. The molecular weight excluding hydrogens is 455 g/mol. The zero-order chi connectivity index (χ0) is 24.4. The van der Waals surface area contributed by atoms with Crippen molar-refractivity contribution in [2.24, 2.45) is 11.3 Å². The van der Waals surface area contributed by atoms with E-state index in [0.29, 0.717) is 0 Å². The third-order valence-corrected chi connectivity index (χ3v) is 7.91. The molecule has 180 valence electrons. The van der Waals surface area contributed by atoms with Crippen molar-refractivity contribution in [3.8, 4) is 5.69 Å². The average molecular weight is 481 g/mol. The normalized spacial score (nSPS) is 22.4. The lowest BCUT2D eigenvalue weighted by molar-refractivity contribution is -0.124. The van der Waals surface area contributed by atoms with Crippen LogP contribution in [0.3, 0.4) is 0 Å². The first-order valence-electron chi connectivity index (χ1n) is 12.5. The molecule has 3 fully saturated rings. The number of hydrogen-bond acceptors (Lipinski definition) is 3. The first-order valence-corrected chi connectivity index (χ1v) is 12.5. The Morgan fingerprint density at radius 3 is 2.39 bits per heavy atom. The van der Waals surface area contributed by atoms with E-state index in [9.17, 15) is 14.0 Å². The third-order valence-electron chi connectivity index (χ3n) is 7.91. The lowest BCUT2D eigenvalue weighted by Gasteiger charge is -2.29. The van der Waals surface area contributed by atoms with Gasteiger partial charge in [0.1, 0.15) is 5.82 Å². The molecule has 36 heavy (non-hydrogen) atoms. The maximum atomic E-state index is 14.0. The summed E-state index contributed by atoms with van der Waals surface area (Å²) < 4.78 is 15.2. The van der Waals surface area contributed by atoms with E-state index in [1.54, 1.807) is 23.0 Å². The molecule has 7 rings (SSSR count). The van der Waals surface area contributed by atoms with Gasteiger partial charge in [-0.15, -0.1) is 0 Å². The minimum Gasteiger partial charge on any atom is -0.350 e. The highest BCUT2D eigenvalue weighted by Gasteiger charge is 2.67. The number of carbonyl (C=O) groups excluding carboxylic acids is 2. The average Bonchev–Trinajstić information content (AvgIpc) is 3.82. The Hall–Kier alpha value is -4.00. The van der Waals surface area contributed by atoms with Crippen LogP contribution in [0.1, 0.15) is 37.3 Å². The molecule has 2 heterocycles. The fraction of sp³-hybridized carbons (Fsp3) is 0.276. The van der Waals surface area contributed by atoms with E-state index in [-0.39, 0.29) is 35.6 Å². The van der Waals surface area contributed by atoms with Crippen molar-refractivity contribution >= 4 is 28.4 Å². The zero-order valence-electron chi connectivity index (χ0n) is 19.6. The first kappa shape index (κ1) is 21.3. The van der Waals surface area contributed by atoms with Gasteiger partial charge in [-0.2, -0.15) is 5.10 Å². The van der Waals surface area contributed by atoms with Gasteiger partial charge in [-0.25, -0.2) is 9.07 Å². The zero-order valence-corrected chi connectivity index (χ0v) is 19.6. The molecule has 3 aromatic carbocycles. The summed E-state index contributed by atoms with van der Waals surface area (Å²) in [6.45, 7) is 0. The van der Waals surface area contributed by atoms with Crippen molar-refractivity contribution in [1.29, 1.82) is 0 Å². The number of fused-ring (bicyclic) bond motifs is 1. The van der Waals surface area contributed by atoms with E-state index in [4.69, 9.17) is 0 Å². The standard InChI is InChI=1S/C29H25FN4O2/c30-21-8-10-22(11-9-21)34-24-13-12-23(16-20(24)17-31-34)33-25(18-4-2-1-3-5-18)26(29(14-15-29)28(33)36)32-27(35)19-6-7-19/h1-5,8-13,16-17,19,25-26H,6-7,14-15H2,(H,32,35)/t25?,26-/m1/s1. The number of carbonyl (C=O) groups is 2. The largest absolute Gasteiger partial charge is 0.350 e. The molecule has 2 saturated carbocycles. The number of anilines is 1. The van der Waals surface area contributed by atoms with E-state index < -0.39 is 5.41 Å². The van der Waals surface area contributed by atoms with E-state index in [0.717, 1.165) is 53.5 Å². The molecule has 0 bridgehead atoms. The molecule has 4 aromatic rings. The molecule has 0 radical (unpaired) electrons. The SMILES string of the molecule is O=C(N[C@@H]1C(c2ccccc2)N(c2ccc3c(cnn3-c3ccc(F)cc3)c2)C(=O)C12CC2)C1CC1. The predicted molar refractivity (Wildman–Crippen MR) is 134 cm³/mol. The molecule has 2 atom stereocenters. The van der Waals surface area contributed by atoms with Crippen LogP contribution in [0.15, 0.2) is 79.0 Å². The minimum absolute atomic E-state index is 0.0675. The molecule has 1 spiro atoms. The van der Waals surface area contributed by atoms with Gasteiger partial charge in [-0.1, -0.05) is 30.3 Å². The Labute approximate surface area is 207 Å². The van der Waals surface area contributed by atoms with Crippen LogP contribution in [-0.2, 0) is 9.59 Å². The Bertz CT molecular complexity index is 1490. The lowest BCUT2D eigenvalue weighted by Crippen LogP contribution is -2.44. The minimum atomic E-state index is -0.543. The highest BCUT2D eigenvalue weighted by Crippen LogP contribution is 2.60. The molecule has 1 aliphatic heterocycles. The van der Waals surface area contributed by atoms with Crippen molar-refractivity contribution in [3.63, 3.8) is 0 Å². The molecule has 1 unspecified atom stereocenters. The fourth-order valence-corrected chi connectivity index (χ4v) is 5.67. The van der Waals surface area contributed by atoms with Gasteiger partial charge in [0.15, 0.2) is 0 Å². The quantitative estimate of drug-likeness (QED) is 0.441. The Balaban J connectivity index is 1.31. The summed E-state index contributed by atoms with van der Waals surface area (Å²) in [6.07, 6.45) is 5.18. The molecule has 1 N–H and O–H groups in total. The third kappa shape index (κ3) is 3.26. The van der Waals surface area contributed by atoms with Crippen LogP contribution in [0.2, 0.25) is 0 Å². The topological polar surface area (TPSA) is 67.2 Å². The summed E-state index contributed by atoms with van der Waals surface area (Å²) in [5.41, 5.74) is 2.89. The fourth-order valence-electron chi connectivity index (χ4n) is 5.67. The summed E-state index contributed by atoms with van der Waals surface area (Å²) in [6, 6.07) is 21.5. The van der Waals surface area contributed by atoms with E-state index in [1.807, 2.05) is 53.4 Å². The number of benzene rings is 3. The molecule has 1 saturated heterocycles. The van der Waals surface area contributed by atoms with Crippen LogP contribution >= 0.6 is 0 Å². The highest BCUT2D eigenvalue weighted by molar-refractivity contribution is 6.05. The Kier molecular flexibility index (Phi) is 4.58. The van der Waals surface area contributed by atoms with Crippen molar-refractivity contribution in [3.05, 3.63) is 90.4 Å². The van der Waals surface area contributed by atoms with Crippen molar-refractivity contribution in [1.82, 2.24) is 15.1 Å². The van der Waals surface area contributed by atoms with Gasteiger partial charge in [-0.05, 0) is 73.7 Å². The summed E-state index contributed by atoms with van der Waals surface area (Å²) in [5.74, 6) is -0.0787. The maximum absolute atomic E-state index is 14.0. The number of rotatable bonds is 5. The van der Waals surface area contributed by atoms with Crippen LogP contribution in [0.5, 0.6) is 0 Å². The van der Waals surface area contributed by atoms with Crippen LogP contribution in [0.25, 0.3) is 16.6 Å². The Morgan fingerprint density at radius 2 is 1.69 bits per heavy atom. The second-order valence-corrected chi connectivity index (χ2v) is 10.2. The van der Waals surface area contributed by atoms with Crippen molar-refractivity contribution in [2.45, 2.75) is 37.8 Å². The molecule has 1 aromatic heterocycles. The van der Waals surface area contributed by atoms with Crippen molar-refractivity contribution < 1.29 is 14.0 Å². The molecular formula is C29H25FN4O2. The number of halogens is 1. The smallest absolute Gasteiger partial charge is 0.236 e. The first-order chi connectivity index (χ1) is 17.5. The van der Waals surface area contributed by atoms with Gasteiger partial charge in [-0.3, -0.25) is 9.59 Å².